The van der Waals surface area contributed by atoms with Crippen molar-refractivity contribution in [3.8, 4) is 0 Å². The summed E-state index contributed by atoms with van der Waals surface area (Å²) in [5.74, 6) is 0.757. The van der Waals surface area contributed by atoms with E-state index in [0.29, 0.717) is 5.92 Å². The molecule has 21 heavy (non-hydrogen) atoms. The van der Waals surface area contributed by atoms with E-state index >= 15 is 0 Å². The average molecular weight is 288 g/mol. The van der Waals surface area contributed by atoms with E-state index < -0.39 is 0 Å². The number of aryl methyl sites for hydroxylation is 1. The van der Waals surface area contributed by atoms with Crippen LogP contribution < -0.4 is 5.32 Å². The summed E-state index contributed by atoms with van der Waals surface area (Å²) in [6, 6.07) is 8.88. The first-order valence-electron chi connectivity index (χ1n) is 8.14. The highest BCUT2D eigenvalue weighted by Crippen LogP contribution is 2.26. The molecule has 0 spiro atoms. The lowest BCUT2D eigenvalue weighted by Gasteiger charge is -2.38. The van der Waals surface area contributed by atoms with Gasteiger partial charge in [0.15, 0.2) is 0 Å². The van der Waals surface area contributed by atoms with Crippen LogP contribution in [0.1, 0.15) is 44.9 Å². The Balaban J connectivity index is 2.20. The van der Waals surface area contributed by atoms with E-state index in [0.717, 1.165) is 26.1 Å². The Labute approximate surface area is 128 Å². The molecule has 2 atom stereocenters. The summed E-state index contributed by atoms with van der Waals surface area (Å²) in [6.45, 7) is 11.0. The number of hydrogen-bond donors (Lipinski definition) is 1. The molecule has 0 radical (unpaired) electrons. The van der Waals surface area contributed by atoms with Crippen LogP contribution in [0.5, 0.6) is 0 Å². The molecule has 1 N–H and O–H groups in total. The number of carbonyl (C=O) groups excluding carboxylic acids is 1. The lowest BCUT2D eigenvalue weighted by atomic mass is 9.94. The average Bonchev–Trinajstić information content (AvgIpc) is 2.53. The van der Waals surface area contributed by atoms with E-state index in [4.69, 9.17) is 0 Å². The molecule has 1 heterocycles. The minimum atomic E-state index is 0.0838. The van der Waals surface area contributed by atoms with E-state index in [1.165, 1.54) is 11.1 Å². The van der Waals surface area contributed by atoms with Gasteiger partial charge in [0.25, 0.3) is 0 Å². The summed E-state index contributed by atoms with van der Waals surface area (Å²) in [5, 5.41) is 3.42. The molecule has 0 saturated carbocycles. The summed E-state index contributed by atoms with van der Waals surface area (Å²) >= 11 is 0. The third-order valence-electron chi connectivity index (χ3n) is 4.69. The molecule has 1 saturated heterocycles. The molecule has 2 unspecified atom stereocenters. The smallest absolute Gasteiger partial charge is 0.226 e. The molecule has 116 valence electrons. The van der Waals surface area contributed by atoms with Crippen LogP contribution in [0.25, 0.3) is 0 Å². The Kier molecular flexibility index (Phi) is 5.40. The Morgan fingerprint density at radius 3 is 2.52 bits per heavy atom. The van der Waals surface area contributed by atoms with E-state index in [1.807, 2.05) is 6.92 Å². The monoisotopic (exact) mass is 288 g/mol. The maximum Gasteiger partial charge on any atom is 0.226 e. The zero-order chi connectivity index (χ0) is 15.4. The quantitative estimate of drug-likeness (QED) is 0.923. The van der Waals surface area contributed by atoms with Gasteiger partial charge in [0.2, 0.25) is 5.91 Å². The topological polar surface area (TPSA) is 32.3 Å². The predicted octanol–water partition coefficient (Wildman–Crippen LogP) is 3.01. The van der Waals surface area contributed by atoms with Crippen molar-refractivity contribution in [3.63, 3.8) is 0 Å². The van der Waals surface area contributed by atoms with Gasteiger partial charge in [-0.2, -0.15) is 0 Å². The minimum Gasteiger partial charge on any atom is -0.333 e. The van der Waals surface area contributed by atoms with Crippen molar-refractivity contribution in [2.75, 3.05) is 19.6 Å². The fraction of sp³-hybridized carbons (Fsp3) is 0.611. The molecule has 1 aromatic carbocycles. The summed E-state index contributed by atoms with van der Waals surface area (Å²) in [6.07, 6.45) is 1.05. The highest BCUT2D eigenvalue weighted by atomic mass is 16.2. The van der Waals surface area contributed by atoms with Crippen molar-refractivity contribution in [3.05, 3.63) is 35.4 Å². The van der Waals surface area contributed by atoms with Crippen LogP contribution >= 0.6 is 0 Å². The number of piperazine rings is 1. The van der Waals surface area contributed by atoms with Crippen molar-refractivity contribution >= 4 is 5.91 Å². The molecule has 1 aliphatic heterocycles. The minimum absolute atomic E-state index is 0.0838. The Morgan fingerprint density at radius 2 is 1.95 bits per heavy atom. The molecule has 1 fully saturated rings. The van der Waals surface area contributed by atoms with Gasteiger partial charge in [0.1, 0.15) is 0 Å². The van der Waals surface area contributed by atoms with Crippen LogP contribution in [0.4, 0.5) is 0 Å². The molecular weight excluding hydrogens is 260 g/mol. The van der Waals surface area contributed by atoms with Crippen LogP contribution in [-0.2, 0) is 11.2 Å². The second-order valence-corrected chi connectivity index (χ2v) is 6.38. The van der Waals surface area contributed by atoms with Crippen LogP contribution in [0.15, 0.2) is 24.3 Å². The summed E-state index contributed by atoms with van der Waals surface area (Å²) in [5.41, 5.74) is 2.58. The molecule has 3 heteroatoms. The molecule has 1 aromatic rings. The van der Waals surface area contributed by atoms with Crippen molar-refractivity contribution in [1.82, 2.24) is 10.2 Å². The number of carbonyl (C=O) groups is 1. The van der Waals surface area contributed by atoms with Gasteiger partial charge in [0.05, 0.1) is 6.04 Å². The van der Waals surface area contributed by atoms with Gasteiger partial charge in [-0.05, 0) is 23.5 Å². The van der Waals surface area contributed by atoms with Crippen LogP contribution in [0.3, 0.4) is 0 Å². The van der Waals surface area contributed by atoms with Gasteiger partial charge in [-0.15, -0.1) is 0 Å². The van der Waals surface area contributed by atoms with Gasteiger partial charge in [0, 0.05) is 25.6 Å². The highest BCUT2D eigenvalue weighted by Gasteiger charge is 2.31. The zero-order valence-corrected chi connectivity index (χ0v) is 13.7. The van der Waals surface area contributed by atoms with Crippen LogP contribution in [0.2, 0.25) is 0 Å². The molecular formula is C18H28N2O. The van der Waals surface area contributed by atoms with Crippen molar-refractivity contribution in [2.45, 2.75) is 40.2 Å². The molecule has 2 rings (SSSR count). The molecule has 0 bridgehead atoms. The van der Waals surface area contributed by atoms with Gasteiger partial charge in [-0.1, -0.05) is 52.0 Å². The third-order valence-corrected chi connectivity index (χ3v) is 4.69. The first kappa shape index (κ1) is 16.0. The number of hydrogen-bond acceptors (Lipinski definition) is 2. The van der Waals surface area contributed by atoms with Crippen LogP contribution in [0, 0.1) is 11.8 Å². The lowest BCUT2D eigenvalue weighted by Crippen LogP contribution is -2.50. The van der Waals surface area contributed by atoms with Crippen LogP contribution in [-0.4, -0.2) is 30.4 Å². The van der Waals surface area contributed by atoms with Gasteiger partial charge < -0.3 is 10.2 Å². The van der Waals surface area contributed by atoms with Gasteiger partial charge in [-0.3, -0.25) is 4.79 Å². The van der Waals surface area contributed by atoms with Crippen molar-refractivity contribution < 1.29 is 4.79 Å². The zero-order valence-electron chi connectivity index (χ0n) is 13.7. The Bertz CT molecular complexity index is 467. The number of benzene rings is 1. The molecule has 1 aliphatic rings. The highest BCUT2D eigenvalue weighted by molar-refractivity contribution is 5.79. The van der Waals surface area contributed by atoms with Gasteiger partial charge >= 0.3 is 0 Å². The number of nitrogens with one attached hydrogen (secondary N) is 1. The van der Waals surface area contributed by atoms with E-state index in [-0.39, 0.29) is 17.9 Å². The molecule has 0 aromatic heterocycles. The van der Waals surface area contributed by atoms with Crippen molar-refractivity contribution in [2.24, 2.45) is 11.8 Å². The van der Waals surface area contributed by atoms with E-state index in [1.54, 1.807) is 0 Å². The maximum absolute atomic E-state index is 12.7. The summed E-state index contributed by atoms with van der Waals surface area (Å²) in [7, 11) is 0. The largest absolute Gasteiger partial charge is 0.333 e. The SMILES string of the molecule is CCc1ccc(C2CNCCN2C(=O)C(C)C(C)C)cc1. The Hall–Kier alpha value is -1.35. The predicted molar refractivity (Wildman–Crippen MR) is 87.1 cm³/mol. The summed E-state index contributed by atoms with van der Waals surface area (Å²) in [4.78, 5) is 14.8. The number of amides is 1. The molecule has 0 aliphatic carbocycles. The maximum atomic E-state index is 12.7. The molecule has 3 nitrogen and oxygen atoms in total. The number of nitrogens with zero attached hydrogens (tertiary/aromatic N) is 1. The lowest BCUT2D eigenvalue weighted by molar-refractivity contribution is -0.139. The van der Waals surface area contributed by atoms with E-state index in [2.05, 4.69) is 55.3 Å². The molecule has 1 amide bonds. The first-order chi connectivity index (χ1) is 10.0. The second-order valence-electron chi connectivity index (χ2n) is 6.38. The fourth-order valence-electron chi connectivity index (χ4n) is 2.79. The summed E-state index contributed by atoms with van der Waals surface area (Å²) < 4.78 is 0. The standard InChI is InChI=1S/C18H28N2O/c1-5-15-6-8-16(9-7-15)17-12-19-10-11-20(17)18(21)14(4)13(2)3/h6-9,13-14,17,19H,5,10-12H2,1-4H3. The first-order valence-corrected chi connectivity index (χ1v) is 8.14. The van der Waals surface area contributed by atoms with Crippen molar-refractivity contribution in [1.29, 1.82) is 0 Å². The number of rotatable bonds is 4. The second kappa shape index (κ2) is 7.08. The normalized spacial score (nSPS) is 20.6. The fourth-order valence-corrected chi connectivity index (χ4v) is 2.79. The Morgan fingerprint density at radius 1 is 1.29 bits per heavy atom. The third kappa shape index (κ3) is 3.65. The van der Waals surface area contributed by atoms with Gasteiger partial charge in [-0.25, -0.2) is 0 Å². The van der Waals surface area contributed by atoms with E-state index in [9.17, 15) is 4.79 Å².